The van der Waals surface area contributed by atoms with Gasteiger partial charge in [0.15, 0.2) is 0 Å². The van der Waals surface area contributed by atoms with E-state index in [1.807, 2.05) is 34.1 Å². The van der Waals surface area contributed by atoms with Gasteiger partial charge < -0.3 is 13.8 Å². The molecule has 29 heavy (non-hydrogen) atoms. The fraction of sp³-hybridized carbons (Fsp3) is 0.632. The lowest BCUT2D eigenvalue weighted by atomic mass is 10.2. The topological polar surface area (TPSA) is 48.0 Å². The second-order valence-electron chi connectivity index (χ2n) is 7.04. The molecule has 1 heterocycles. The summed E-state index contributed by atoms with van der Waals surface area (Å²) in [5.41, 5.74) is -0.728. The zero-order valence-electron chi connectivity index (χ0n) is 17.6. The van der Waals surface area contributed by atoms with Crippen molar-refractivity contribution in [3.63, 3.8) is 0 Å². The van der Waals surface area contributed by atoms with Crippen molar-refractivity contribution in [1.82, 2.24) is 4.90 Å². The van der Waals surface area contributed by atoms with Crippen molar-refractivity contribution in [2.75, 3.05) is 33.5 Å². The molecule has 1 aliphatic heterocycles. The highest BCUT2D eigenvalue weighted by molar-refractivity contribution is 8.00. The molecule has 1 aromatic carbocycles. The SMILES string of the molecule is CC(C)(C)OC=O.CN1CCC(Sc2ccccc2C(F)(F)OF)C1.COSC. The molecule has 0 amide bonds. The van der Waals surface area contributed by atoms with E-state index in [0.717, 1.165) is 19.5 Å². The van der Waals surface area contributed by atoms with Gasteiger partial charge in [0.05, 0.1) is 12.7 Å². The maximum atomic E-state index is 13.3. The lowest BCUT2D eigenvalue weighted by molar-refractivity contribution is -0.365. The fourth-order valence-electron chi connectivity index (χ4n) is 2.17. The summed E-state index contributed by atoms with van der Waals surface area (Å²) in [6, 6.07) is 5.89. The highest BCUT2D eigenvalue weighted by Crippen LogP contribution is 2.39. The van der Waals surface area contributed by atoms with Gasteiger partial charge in [-0.25, -0.2) is 0 Å². The second-order valence-corrected chi connectivity index (χ2v) is 9.05. The number of ether oxygens (including phenoxy) is 1. The van der Waals surface area contributed by atoms with Crippen LogP contribution in [0.2, 0.25) is 0 Å². The van der Waals surface area contributed by atoms with Gasteiger partial charge in [-0.3, -0.25) is 4.79 Å². The number of hydrogen-bond acceptors (Lipinski definition) is 7. The summed E-state index contributed by atoms with van der Waals surface area (Å²) in [5.74, 6) is 0. The van der Waals surface area contributed by atoms with E-state index < -0.39 is 11.7 Å². The van der Waals surface area contributed by atoms with Crippen molar-refractivity contribution in [2.24, 2.45) is 0 Å². The Bertz CT molecular complexity index is 587. The molecule has 0 N–H and O–H groups in total. The summed E-state index contributed by atoms with van der Waals surface area (Å²) in [5, 5.41) is 0.256. The summed E-state index contributed by atoms with van der Waals surface area (Å²) < 4.78 is 47.5. The van der Waals surface area contributed by atoms with Crippen LogP contribution in [0.1, 0.15) is 32.8 Å². The molecule has 168 valence electrons. The van der Waals surface area contributed by atoms with Gasteiger partial charge in [0.2, 0.25) is 0 Å². The number of carbonyl (C=O) groups is 1. The molecule has 10 heteroatoms. The highest BCUT2D eigenvalue weighted by Gasteiger charge is 2.37. The number of carbonyl (C=O) groups excluding carboxylic acids is 1. The summed E-state index contributed by atoms with van der Waals surface area (Å²) in [6.07, 6.45) is -1.06. The van der Waals surface area contributed by atoms with Crippen molar-refractivity contribution in [2.45, 2.75) is 49.0 Å². The van der Waals surface area contributed by atoms with E-state index in [2.05, 4.69) is 18.8 Å². The predicted octanol–water partition coefficient (Wildman–Crippen LogP) is 5.30. The lowest BCUT2D eigenvalue weighted by Gasteiger charge is -2.17. The first kappa shape index (κ1) is 28.1. The van der Waals surface area contributed by atoms with Gasteiger partial charge in [-0.2, -0.15) is 8.78 Å². The number of rotatable bonds is 6. The minimum Gasteiger partial charge on any atom is -0.462 e. The van der Waals surface area contributed by atoms with Gasteiger partial charge in [0.1, 0.15) is 5.60 Å². The first-order valence-corrected chi connectivity index (χ1v) is 10.8. The van der Waals surface area contributed by atoms with Crippen LogP contribution in [-0.4, -0.2) is 55.7 Å². The fourth-order valence-corrected chi connectivity index (χ4v) is 3.55. The average molecular weight is 458 g/mol. The first-order chi connectivity index (χ1) is 13.5. The zero-order valence-corrected chi connectivity index (χ0v) is 19.2. The molecule has 0 bridgehead atoms. The third-order valence-corrected chi connectivity index (χ3v) is 5.17. The molecule has 1 fully saturated rings. The van der Waals surface area contributed by atoms with Crippen LogP contribution in [0.25, 0.3) is 0 Å². The van der Waals surface area contributed by atoms with E-state index in [0.29, 0.717) is 11.4 Å². The van der Waals surface area contributed by atoms with Crippen LogP contribution >= 0.6 is 23.8 Å². The Balaban J connectivity index is 0.000000594. The summed E-state index contributed by atoms with van der Waals surface area (Å²) in [6.45, 7) is 7.72. The van der Waals surface area contributed by atoms with E-state index in [1.165, 1.54) is 35.9 Å². The highest BCUT2D eigenvalue weighted by atomic mass is 32.2. The van der Waals surface area contributed by atoms with Gasteiger partial charge in [-0.1, -0.05) is 12.1 Å². The zero-order chi connectivity index (χ0) is 22.5. The minimum atomic E-state index is -3.88. The molecule has 2 rings (SSSR count). The van der Waals surface area contributed by atoms with E-state index in [9.17, 15) is 18.1 Å². The second kappa shape index (κ2) is 14.1. The molecule has 0 radical (unpaired) electrons. The van der Waals surface area contributed by atoms with Gasteiger partial charge in [-0.05, 0) is 69.5 Å². The van der Waals surface area contributed by atoms with E-state index in [4.69, 9.17) is 0 Å². The van der Waals surface area contributed by atoms with Crippen LogP contribution in [0.5, 0.6) is 0 Å². The molecule has 5 nitrogen and oxygen atoms in total. The minimum absolute atomic E-state index is 0.256. The number of likely N-dealkylation sites (tertiary alicyclic amines) is 1. The largest absolute Gasteiger partial charge is 0.462 e. The molecule has 1 aliphatic rings. The Kier molecular flexibility index (Phi) is 13.7. The molecule has 0 aromatic heterocycles. The Labute approximate surface area is 179 Å². The van der Waals surface area contributed by atoms with Crippen molar-refractivity contribution >= 4 is 30.3 Å². The molecule has 1 aromatic rings. The quantitative estimate of drug-likeness (QED) is 0.424. The van der Waals surface area contributed by atoms with E-state index in [-0.39, 0.29) is 10.9 Å². The molecule has 1 saturated heterocycles. The molecule has 0 saturated carbocycles. The number of alkyl halides is 2. The summed E-state index contributed by atoms with van der Waals surface area (Å²) >= 11 is 2.71. The average Bonchev–Trinajstić information content (AvgIpc) is 3.06. The Morgan fingerprint density at radius 1 is 1.24 bits per heavy atom. The van der Waals surface area contributed by atoms with Crippen molar-refractivity contribution in [3.05, 3.63) is 29.8 Å². The predicted molar refractivity (Wildman–Crippen MR) is 112 cm³/mol. The van der Waals surface area contributed by atoms with Gasteiger partial charge in [0, 0.05) is 22.9 Å². The number of benzene rings is 1. The molecule has 1 unspecified atom stereocenters. The monoisotopic (exact) mass is 457 g/mol. The third kappa shape index (κ3) is 12.4. The molecule has 0 aliphatic carbocycles. The smallest absolute Gasteiger partial charge is 0.414 e. The summed E-state index contributed by atoms with van der Waals surface area (Å²) in [4.78, 5) is 14.9. The van der Waals surface area contributed by atoms with E-state index in [1.54, 1.807) is 19.2 Å². The number of thioether (sulfide) groups is 1. The molecular weight excluding hydrogens is 427 g/mol. The van der Waals surface area contributed by atoms with Crippen molar-refractivity contribution in [1.29, 1.82) is 0 Å². The van der Waals surface area contributed by atoms with Crippen LogP contribution in [0.3, 0.4) is 0 Å². The Morgan fingerprint density at radius 2 is 1.83 bits per heavy atom. The standard InChI is InChI=1S/C12H14F3NOS.C5H10O2.C2H6OS/c1-16-7-6-9(8-16)18-11-5-3-2-4-10(11)12(13,14)17-15;1-5(2,3)7-4-6;1-3-4-2/h2-5,9H,6-8H2,1H3;4H,1-3H3;1-2H3. The maximum Gasteiger partial charge on any atom is 0.414 e. The first-order valence-electron chi connectivity index (χ1n) is 8.81. The van der Waals surface area contributed by atoms with Crippen LogP contribution in [0.4, 0.5) is 13.3 Å². The lowest BCUT2D eigenvalue weighted by Crippen LogP contribution is -2.17. The van der Waals surface area contributed by atoms with Crippen LogP contribution < -0.4 is 0 Å². The van der Waals surface area contributed by atoms with Crippen molar-refractivity contribution < 1.29 is 32.0 Å². The number of halogens is 3. The molecule has 1 atom stereocenters. The molecular formula is C19H30F3NO4S2. The number of hydrogen-bond donors (Lipinski definition) is 0. The molecule has 0 spiro atoms. The third-order valence-electron chi connectivity index (χ3n) is 3.51. The van der Waals surface area contributed by atoms with Gasteiger partial charge >= 0.3 is 6.11 Å². The van der Waals surface area contributed by atoms with Crippen LogP contribution in [0, 0.1) is 0 Å². The maximum absolute atomic E-state index is 13.3. The normalized spacial score (nSPS) is 16.9. The van der Waals surface area contributed by atoms with Crippen LogP contribution in [-0.2, 0) is 24.8 Å². The number of nitrogens with zero attached hydrogens (tertiary/aromatic N) is 1. The van der Waals surface area contributed by atoms with Gasteiger partial charge in [-0.15, -0.1) is 16.7 Å². The van der Waals surface area contributed by atoms with Crippen molar-refractivity contribution in [3.8, 4) is 0 Å². The van der Waals surface area contributed by atoms with Gasteiger partial charge in [0.25, 0.3) is 6.47 Å². The Hall–Kier alpha value is -0.940. The van der Waals surface area contributed by atoms with E-state index >= 15 is 0 Å². The Morgan fingerprint density at radius 3 is 2.21 bits per heavy atom. The van der Waals surface area contributed by atoms with Crippen LogP contribution in [0.15, 0.2) is 29.2 Å². The summed E-state index contributed by atoms with van der Waals surface area (Å²) in [7, 11) is 3.64.